The summed E-state index contributed by atoms with van der Waals surface area (Å²) in [7, 11) is 0. The molecule has 0 bridgehead atoms. The van der Waals surface area contributed by atoms with Crippen LogP contribution >= 0.6 is 0 Å². The van der Waals surface area contributed by atoms with Crippen LogP contribution in [0.25, 0.3) is 10.8 Å². The molecule has 0 aliphatic carbocycles. The number of nitrogens with one attached hydrogen (secondary N) is 2. The molecule has 6 nitrogen and oxygen atoms in total. The van der Waals surface area contributed by atoms with E-state index in [1.54, 1.807) is 30.6 Å². The van der Waals surface area contributed by atoms with Gasteiger partial charge in [0.25, 0.3) is 11.5 Å². The van der Waals surface area contributed by atoms with Crippen molar-refractivity contribution in [2.75, 3.05) is 6.61 Å². The van der Waals surface area contributed by atoms with Crippen molar-refractivity contribution in [1.29, 1.82) is 0 Å². The number of amides is 1. The zero-order chi connectivity index (χ0) is 21.4. The van der Waals surface area contributed by atoms with Crippen LogP contribution in [0.2, 0.25) is 0 Å². The van der Waals surface area contributed by atoms with Gasteiger partial charge in [-0.1, -0.05) is 35.9 Å². The molecule has 3 heterocycles. The third-order valence-electron chi connectivity index (χ3n) is 5.82. The number of carbonyl (C=O) groups is 1. The van der Waals surface area contributed by atoms with E-state index in [-0.39, 0.29) is 11.5 Å². The lowest BCUT2D eigenvalue weighted by Crippen LogP contribution is -2.50. The van der Waals surface area contributed by atoms with Crippen LogP contribution in [-0.2, 0) is 5.54 Å². The number of benzene rings is 2. The molecule has 6 heteroatoms. The van der Waals surface area contributed by atoms with Crippen molar-refractivity contribution in [2.45, 2.75) is 18.9 Å². The first-order chi connectivity index (χ1) is 15.1. The Morgan fingerprint density at radius 1 is 1.13 bits per heavy atom. The van der Waals surface area contributed by atoms with Crippen molar-refractivity contribution < 1.29 is 9.53 Å². The van der Waals surface area contributed by atoms with E-state index in [4.69, 9.17) is 4.74 Å². The van der Waals surface area contributed by atoms with Gasteiger partial charge in [-0.15, -0.1) is 0 Å². The van der Waals surface area contributed by atoms with Crippen molar-refractivity contribution in [1.82, 2.24) is 15.3 Å². The molecular weight excluding hydrogens is 390 g/mol. The van der Waals surface area contributed by atoms with E-state index < -0.39 is 5.54 Å². The van der Waals surface area contributed by atoms with Gasteiger partial charge in [-0.25, -0.2) is 0 Å². The number of ether oxygens (including phenoxy) is 1. The average molecular weight is 411 g/mol. The maximum absolute atomic E-state index is 13.4. The molecular formula is C25H21N3O3. The number of hydrogen-bond donors (Lipinski definition) is 2. The second-order valence-corrected chi connectivity index (χ2v) is 7.78. The molecule has 2 aromatic heterocycles. The molecule has 0 unspecified atom stereocenters. The minimum atomic E-state index is -0.836. The molecule has 2 aromatic carbocycles. The molecule has 31 heavy (non-hydrogen) atoms. The monoisotopic (exact) mass is 411 g/mol. The quantitative estimate of drug-likeness (QED) is 0.539. The van der Waals surface area contributed by atoms with Gasteiger partial charge in [-0.05, 0) is 48.2 Å². The third kappa shape index (κ3) is 3.26. The Balaban J connectivity index is 1.62. The van der Waals surface area contributed by atoms with Crippen LogP contribution in [0.5, 0.6) is 5.75 Å². The predicted octanol–water partition coefficient (Wildman–Crippen LogP) is 3.69. The van der Waals surface area contributed by atoms with Crippen LogP contribution in [0, 0.1) is 6.92 Å². The second kappa shape index (κ2) is 7.40. The Morgan fingerprint density at radius 2 is 1.97 bits per heavy atom. The first-order valence-corrected chi connectivity index (χ1v) is 10.2. The van der Waals surface area contributed by atoms with Crippen LogP contribution in [0.3, 0.4) is 0 Å². The van der Waals surface area contributed by atoms with Crippen LogP contribution in [-0.4, -0.2) is 22.5 Å². The highest BCUT2D eigenvalue weighted by Crippen LogP contribution is 2.40. The van der Waals surface area contributed by atoms with Crippen molar-refractivity contribution in [3.8, 4) is 5.75 Å². The molecule has 0 saturated carbocycles. The van der Waals surface area contributed by atoms with Gasteiger partial charge in [-0.3, -0.25) is 14.6 Å². The SMILES string of the molecule is Cc1ccc([C@@]2(NC(=O)c3ccc4cc[nH]c(=O)c4c3)CCOc3cccnc32)cc1. The standard InChI is InChI=1S/C25H21N3O3/c1-16-4-8-19(9-5-16)25(11-14-31-21-3-2-12-26-22(21)25)28-23(29)18-7-6-17-10-13-27-24(30)20(17)15-18/h2-10,12-13,15H,11,14H2,1H3,(H,27,30)(H,28,29)/t25-/m0/s1. The van der Waals surface area contributed by atoms with Gasteiger partial charge in [0.05, 0.1) is 6.61 Å². The summed E-state index contributed by atoms with van der Waals surface area (Å²) in [5.41, 5.74) is 2.10. The van der Waals surface area contributed by atoms with Gasteiger partial charge in [0.2, 0.25) is 0 Å². The number of carbonyl (C=O) groups excluding carboxylic acids is 1. The molecule has 1 aliphatic rings. The Hall–Kier alpha value is -3.93. The van der Waals surface area contributed by atoms with Gasteiger partial charge >= 0.3 is 0 Å². The number of H-pyrrole nitrogens is 1. The molecule has 0 saturated heterocycles. The maximum Gasteiger partial charge on any atom is 0.255 e. The van der Waals surface area contributed by atoms with E-state index in [9.17, 15) is 9.59 Å². The van der Waals surface area contributed by atoms with Crippen LogP contribution in [0.15, 0.2) is 77.9 Å². The molecule has 0 fully saturated rings. The van der Waals surface area contributed by atoms with Crippen molar-refractivity contribution in [2.24, 2.45) is 0 Å². The summed E-state index contributed by atoms with van der Waals surface area (Å²) in [6, 6.07) is 18.7. The van der Waals surface area contributed by atoms with Crippen LogP contribution in [0.4, 0.5) is 0 Å². The number of aromatic nitrogens is 2. The Bertz CT molecular complexity index is 1340. The zero-order valence-corrected chi connectivity index (χ0v) is 17.0. The van der Waals surface area contributed by atoms with E-state index in [0.717, 1.165) is 16.5 Å². The summed E-state index contributed by atoms with van der Waals surface area (Å²) in [5.74, 6) is 0.383. The van der Waals surface area contributed by atoms with E-state index >= 15 is 0 Å². The summed E-state index contributed by atoms with van der Waals surface area (Å²) in [5, 5.41) is 4.49. The lowest BCUT2D eigenvalue weighted by molar-refractivity contribution is 0.0884. The van der Waals surface area contributed by atoms with E-state index in [0.29, 0.717) is 35.4 Å². The molecule has 5 rings (SSSR count). The number of fused-ring (bicyclic) bond motifs is 2. The number of aromatic amines is 1. The van der Waals surface area contributed by atoms with E-state index in [1.165, 1.54) is 0 Å². The fourth-order valence-corrected chi connectivity index (χ4v) is 4.16. The number of aryl methyl sites for hydroxylation is 1. The number of pyridine rings is 2. The Kier molecular flexibility index (Phi) is 4.55. The predicted molar refractivity (Wildman–Crippen MR) is 118 cm³/mol. The van der Waals surface area contributed by atoms with E-state index in [1.807, 2.05) is 49.4 Å². The fourth-order valence-electron chi connectivity index (χ4n) is 4.16. The Morgan fingerprint density at radius 3 is 2.81 bits per heavy atom. The van der Waals surface area contributed by atoms with Crippen molar-refractivity contribution in [3.05, 3.63) is 106 Å². The van der Waals surface area contributed by atoms with Gasteiger partial charge in [-0.2, -0.15) is 0 Å². The Labute approximate surface area is 178 Å². The van der Waals surface area contributed by atoms with Gasteiger partial charge in [0.15, 0.2) is 0 Å². The molecule has 0 spiro atoms. The molecule has 1 aliphatic heterocycles. The highest BCUT2D eigenvalue weighted by molar-refractivity contribution is 5.99. The van der Waals surface area contributed by atoms with Crippen LogP contribution < -0.4 is 15.6 Å². The summed E-state index contributed by atoms with van der Waals surface area (Å²) in [4.78, 5) is 32.9. The van der Waals surface area contributed by atoms with Crippen LogP contribution in [0.1, 0.15) is 33.6 Å². The fraction of sp³-hybridized carbons (Fsp3) is 0.160. The third-order valence-corrected chi connectivity index (χ3v) is 5.82. The van der Waals surface area contributed by atoms with Gasteiger partial charge in [0.1, 0.15) is 17.0 Å². The molecule has 2 N–H and O–H groups in total. The first-order valence-electron chi connectivity index (χ1n) is 10.2. The average Bonchev–Trinajstić information content (AvgIpc) is 2.80. The zero-order valence-electron chi connectivity index (χ0n) is 17.0. The van der Waals surface area contributed by atoms with Gasteiger partial charge < -0.3 is 15.0 Å². The summed E-state index contributed by atoms with van der Waals surface area (Å²) >= 11 is 0. The topological polar surface area (TPSA) is 84.1 Å². The first kappa shape index (κ1) is 19.1. The smallest absolute Gasteiger partial charge is 0.255 e. The molecule has 4 aromatic rings. The normalized spacial score (nSPS) is 17.6. The molecule has 1 atom stereocenters. The summed E-state index contributed by atoms with van der Waals surface area (Å²) < 4.78 is 5.83. The second-order valence-electron chi connectivity index (χ2n) is 7.78. The lowest BCUT2D eigenvalue weighted by Gasteiger charge is -2.39. The van der Waals surface area contributed by atoms with Crippen molar-refractivity contribution >= 4 is 16.7 Å². The molecule has 0 radical (unpaired) electrons. The summed E-state index contributed by atoms with van der Waals surface area (Å²) in [6.07, 6.45) is 3.85. The largest absolute Gasteiger partial charge is 0.491 e. The minimum absolute atomic E-state index is 0.224. The van der Waals surface area contributed by atoms with E-state index in [2.05, 4.69) is 15.3 Å². The maximum atomic E-state index is 13.4. The van der Waals surface area contributed by atoms with Gasteiger partial charge in [0, 0.05) is 29.8 Å². The number of rotatable bonds is 3. The number of hydrogen-bond acceptors (Lipinski definition) is 4. The minimum Gasteiger partial charge on any atom is -0.491 e. The molecule has 154 valence electrons. The molecule has 1 amide bonds. The highest BCUT2D eigenvalue weighted by atomic mass is 16.5. The van der Waals surface area contributed by atoms with Crippen molar-refractivity contribution in [3.63, 3.8) is 0 Å². The lowest BCUT2D eigenvalue weighted by atomic mass is 9.81. The highest BCUT2D eigenvalue weighted by Gasteiger charge is 2.42. The number of nitrogens with zero attached hydrogens (tertiary/aromatic N) is 1. The summed E-state index contributed by atoms with van der Waals surface area (Å²) in [6.45, 7) is 2.47.